The maximum Gasteiger partial charge on any atom is 0.137 e. The molecule has 0 aromatic heterocycles. The fourth-order valence-corrected chi connectivity index (χ4v) is 6.18. The van der Waals surface area contributed by atoms with Crippen LogP contribution in [0.5, 0.6) is 0 Å². The van der Waals surface area contributed by atoms with Crippen LogP contribution >= 0.6 is 0 Å². The summed E-state index contributed by atoms with van der Waals surface area (Å²) < 4.78 is 0. The highest BCUT2D eigenvalue weighted by Gasteiger charge is 2.69. The van der Waals surface area contributed by atoms with E-state index in [1.54, 1.807) is 6.08 Å². The van der Waals surface area contributed by atoms with Crippen LogP contribution in [0, 0.1) is 34.0 Å². The summed E-state index contributed by atoms with van der Waals surface area (Å²) in [6.07, 6.45) is 1.89. The predicted molar refractivity (Wildman–Crippen MR) is 91.2 cm³/mol. The van der Waals surface area contributed by atoms with Crippen LogP contribution < -0.4 is 0 Å². The number of hydrogen-bond acceptors (Lipinski definition) is 4. The van der Waals surface area contributed by atoms with E-state index in [0.717, 1.165) is 0 Å². The first-order chi connectivity index (χ1) is 11.0. The summed E-state index contributed by atoms with van der Waals surface area (Å²) in [4.78, 5) is 25.7. The van der Waals surface area contributed by atoms with E-state index in [2.05, 4.69) is 6.58 Å². The van der Waals surface area contributed by atoms with Crippen LogP contribution in [0.3, 0.4) is 0 Å². The molecule has 3 aliphatic rings. The SMILES string of the molecule is C=C[C@]1(C)C[C@@H](O)[C@@]2(C)[C@@H]3C(=O)CC[C@@]3(CC(=O)[C@@H]2C)[C@@H](C)[C@@H]1O. The quantitative estimate of drug-likeness (QED) is 0.723. The molecule has 8 atom stereocenters. The smallest absolute Gasteiger partial charge is 0.137 e. The van der Waals surface area contributed by atoms with Crippen molar-refractivity contribution in [2.45, 2.75) is 65.6 Å². The van der Waals surface area contributed by atoms with Gasteiger partial charge in [0, 0.05) is 35.5 Å². The fourth-order valence-electron chi connectivity index (χ4n) is 6.18. The minimum atomic E-state index is -0.826. The molecule has 4 heteroatoms. The van der Waals surface area contributed by atoms with Gasteiger partial charge in [-0.25, -0.2) is 0 Å². The molecule has 0 aromatic rings. The van der Waals surface area contributed by atoms with Gasteiger partial charge in [-0.05, 0) is 24.2 Å². The minimum Gasteiger partial charge on any atom is -0.392 e. The number of ketones is 2. The Morgan fingerprint density at radius 2 is 1.79 bits per heavy atom. The molecule has 0 aromatic carbocycles. The molecule has 0 unspecified atom stereocenters. The van der Waals surface area contributed by atoms with Crippen molar-refractivity contribution in [3.63, 3.8) is 0 Å². The lowest BCUT2D eigenvalue weighted by atomic mass is 9.43. The molecule has 0 heterocycles. The highest BCUT2D eigenvalue weighted by molar-refractivity contribution is 5.92. The van der Waals surface area contributed by atoms with Crippen molar-refractivity contribution in [2.75, 3.05) is 0 Å². The Bertz CT molecular complexity index is 596. The third-order valence-electron chi connectivity index (χ3n) is 8.15. The number of carbonyl (C=O) groups is 2. The molecule has 0 radical (unpaired) electrons. The molecule has 3 rings (SSSR count). The van der Waals surface area contributed by atoms with Gasteiger partial charge in [0.15, 0.2) is 0 Å². The number of carbonyl (C=O) groups excluding carboxylic acids is 2. The van der Waals surface area contributed by atoms with Crippen LogP contribution in [0.25, 0.3) is 0 Å². The third-order valence-corrected chi connectivity index (χ3v) is 8.15. The molecule has 24 heavy (non-hydrogen) atoms. The van der Waals surface area contributed by atoms with Crippen LogP contribution in [0.4, 0.5) is 0 Å². The molecule has 0 aliphatic heterocycles. The van der Waals surface area contributed by atoms with E-state index in [-0.39, 0.29) is 29.3 Å². The minimum absolute atomic E-state index is 0.115. The van der Waals surface area contributed by atoms with E-state index in [1.807, 2.05) is 27.7 Å². The first kappa shape index (κ1) is 17.8. The topological polar surface area (TPSA) is 74.6 Å². The third kappa shape index (κ3) is 1.93. The van der Waals surface area contributed by atoms with Gasteiger partial charge in [0.1, 0.15) is 11.6 Å². The Labute approximate surface area is 144 Å². The summed E-state index contributed by atoms with van der Waals surface area (Å²) in [7, 11) is 0. The fraction of sp³-hybridized carbons (Fsp3) is 0.800. The van der Waals surface area contributed by atoms with Crippen molar-refractivity contribution >= 4 is 11.6 Å². The van der Waals surface area contributed by atoms with Gasteiger partial charge in [-0.2, -0.15) is 0 Å². The Kier molecular flexibility index (Phi) is 3.89. The van der Waals surface area contributed by atoms with Crippen LogP contribution in [-0.2, 0) is 9.59 Å². The molecule has 0 spiro atoms. The molecule has 3 aliphatic carbocycles. The van der Waals surface area contributed by atoms with Crippen molar-refractivity contribution in [3.8, 4) is 0 Å². The van der Waals surface area contributed by atoms with Crippen LogP contribution in [-0.4, -0.2) is 34.0 Å². The highest BCUT2D eigenvalue weighted by atomic mass is 16.3. The van der Waals surface area contributed by atoms with Gasteiger partial charge >= 0.3 is 0 Å². The average Bonchev–Trinajstić information content (AvgIpc) is 2.88. The maximum atomic E-state index is 12.8. The van der Waals surface area contributed by atoms with Crippen molar-refractivity contribution < 1.29 is 19.8 Å². The zero-order valence-electron chi connectivity index (χ0n) is 15.2. The molecule has 3 saturated carbocycles. The molecule has 4 nitrogen and oxygen atoms in total. The summed E-state index contributed by atoms with van der Waals surface area (Å²) in [5, 5.41) is 22.2. The van der Waals surface area contributed by atoms with E-state index in [1.165, 1.54) is 0 Å². The van der Waals surface area contributed by atoms with E-state index in [0.29, 0.717) is 25.7 Å². The van der Waals surface area contributed by atoms with E-state index < -0.39 is 28.5 Å². The van der Waals surface area contributed by atoms with Crippen molar-refractivity contribution in [1.29, 1.82) is 0 Å². The zero-order valence-corrected chi connectivity index (χ0v) is 15.2. The van der Waals surface area contributed by atoms with Gasteiger partial charge in [-0.15, -0.1) is 6.58 Å². The zero-order chi connectivity index (χ0) is 18.1. The van der Waals surface area contributed by atoms with Crippen molar-refractivity contribution in [1.82, 2.24) is 0 Å². The van der Waals surface area contributed by atoms with Crippen molar-refractivity contribution in [2.24, 2.45) is 34.0 Å². The number of rotatable bonds is 1. The van der Waals surface area contributed by atoms with Crippen LogP contribution in [0.2, 0.25) is 0 Å². The number of aliphatic hydroxyl groups is 2. The number of aliphatic hydroxyl groups excluding tert-OH is 2. The van der Waals surface area contributed by atoms with E-state index in [4.69, 9.17) is 0 Å². The van der Waals surface area contributed by atoms with Gasteiger partial charge in [-0.3, -0.25) is 9.59 Å². The lowest BCUT2D eigenvalue weighted by Gasteiger charge is -2.60. The summed E-state index contributed by atoms with van der Waals surface area (Å²) in [6.45, 7) is 11.6. The normalized spacial score (nSPS) is 54.8. The molecule has 2 bridgehead atoms. The van der Waals surface area contributed by atoms with E-state index >= 15 is 0 Å². The number of Topliss-reactive ketones (excluding diaryl/α,β-unsaturated/α-hetero) is 2. The Balaban J connectivity index is 2.26. The van der Waals surface area contributed by atoms with Gasteiger partial charge in [-0.1, -0.05) is 33.8 Å². The summed E-state index contributed by atoms with van der Waals surface area (Å²) in [6, 6.07) is 0. The Morgan fingerprint density at radius 1 is 1.17 bits per heavy atom. The van der Waals surface area contributed by atoms with Gasteiger partial charge in [0.2, 0.25) is 0 Å². The maximum absolute atomic E-state index is 12.8. The molecule has 2 N–H and O–H groups in total. The summed E-state index contributed by atoms with van der Waals surface area (Å²) >= 11 is 0. The largest absolute Gasteiger partial charge is 0.392 e. The second-order valence-electron chi connectivity index (χ2n) is 9.03. The highest BCUT2D eigenvalue weighted by Crippen LogP contribution is 2.66. The van der Waals surface area contributed by atoms with Gasteiger partial charge in [0.25, 0.3) is 0 Å². The molecule has 0 saturated heterocycles. The lowest BCUT2D eigenvalue weighted by molar-refractivity contribution is -0.192. The summed E-state index contributed by atoms with van der Waals surface area (Å²) in [5.74, 6) is -0.642. The molecule has 134 valence electrons. The van der Waals surface area contributed by atoms with Crippen LogP contribution in [0.15, 0.2) is 12.7 Å². The average molecular weight is 334 g/mol. The second-order valence-corrected chi connectivity index (χ2v) is 9.03. The second kappa shape index (κ2) is 5.25. The first-order valence-electron chi connectivity index (χ1n) is 9.10. The monoisotopic (exact) mass is 334 g/mol. The standard InChI is InChI=1S/C20H30O4/c1-6-18(4)10-15(23)19(5)11(2)14(22)9-20(12(3)17(18)24)8-7-13(21)16(19)20/h6,11-12,15-17,23-24H,1,7-10H2,2-5H3/t11-,12-,15+,16-,17-,18+,19-,20+/m0/s1. The Morgan fingerprint density at radius 3 is 2.38 bits per heavy atom. The molecular formula is C20H30O4. The predicted octanol–water partition coefficient (Wildman–Crippen LogP) is 2.52. The molecule has 3 fully saturated rings. The van der Waals surface area contributed by atoms with Gasteiger partial charge < -0.3 is 10.2 Å². The van der Waals surface area contributed by atoms with E-state index in [9.17, 15) is 19.8 Å². The lowest BCUT2D eigenvalue weighted by Crippen LogP contribution is -2.64. The molecular weight excluding hydrogens is 304 g/mol. The summed E-state index contributed by atoms with van der Waals surface area (Å²) in [5.41, 5.74) is -1.95. The molecule has 0 amide bonds. The van der Waals surface area contributed by atoms with Gasteiger partial charge in [0.05, 0.1) is 12.2 Å². The number of hydrogen-bond donors (Lipinski definition) is 2. The first-order valence-corrected chi connectivity index (χ1v) is 9.10. The van der Waals surface area contributed by atoms with Crippen LogP contribution in [0.1, 0.15) is 53.4 Å². The Hall–Kier alpha value is -1.00. The van der Waals surface area contributed by atoms with Crippen molar-refractivity contribution in [3.05, 3.63) is 12.7 Å².